The molecule has 0 aliphatic carbocycles. The molecule has 1 heterocycles. The number of rotatable bonds is 4. The Kier molecular flexibility index (Phi) is 4.55. The Labute approximate surface area is 89.3 Å². The van der Waals surface area contributed by atoms with Gasteiger partial charge in [0.25, 0.3) is 0 Å². The summed E-state index contributed by atoms with van der Waals surface area (Å²) in [5.41, 5.74) is 1.10. The lowest BCUT2D eigenvalue weighted by atomic mass is 10.4. The average molecular weight is 213 g/mol. The minimum absolute atomic E-state index is 0.634. The molecule has 0 unspecified atom stereocenters. The molecule has 78 valence electrons. The molecule has 0 spiro atoms. The van der Waals surface area contributed by atoms with E-state index < -0.39 is 0 Å². The van der Waals surface area contributed by atoms with Crippen LogP contribution in [0.25, 0.3) is 0 Å². The van der Waals surface area contributed by atoms with Crippen molar-refractivity contribution in [1.29, 1.82) is 0 Å². The maximum Gasteiger partial charge on any atom is 0.193 e. The van der Waals surface area contributed by atoms with Crippen molar-refractivity contribution in [3.63, 3.8) is 0 Å². The van der Waals surface area contributed by atoms with Gasteiger partial charge in [0.1, 0.15) is 0 Å². The van der Waals surface area contributed by atoms with E-state index in [1.165, 1.54) is 0 Å². The fourth-order valence-electron chi connectivity index (χ4n) is 1.02. The first kappa shape index (κ1) is 11.1. The average Bonchev–Trinajstić information content (AvgIpc) is 2.59. The predicted molar refractivity (Wildman–Crippen MR) is 59.5 cm³/mol. The van der Waals surface area contributed by atoms with Gasteiger partial charge in [-0.25, -0.2) is 4.68 Å². The molecule has 0 aromatic carbocycles. The number of nitrogens with one attached hydrogen (secondary N) is 1. The summed E-state index contributed by atoms with van der Waals surface area (Å²) in [4.78, 5) is 0. The molecule has 5 heteroatoms. The van der Waals surface area contributed by atoms with Crippen LogP contribution in [0.5, 0.6) is 0 Å². The number of aromatic nitrogens is 2. The van der Waals surface area contributed by atoms with Crippen molar-refractivity contribution < 1.29 is 4.74 Å². The highest BCUT2D eigenvalue weighted by molar-refractivity contribution is 7.80. The van der Waals surface area contributed by atoms with E-state index in [2.05, 4.69) is 10.4 Å². The molecule has 14 heavy (non-hydrogen) atoms. The van der Waals surface area contributed by atoms with Gasteiger partial charge >= 0.3 is 0 Å². The molecule has 1 N–H and O–H groups in total. The van der Waals surface area contributed by atoms with Crippen LogP contribution in [0.4, 0.5) is 0 Å². The fourth-order valence-corrected chi connectivity index (χ4v) is 1.22. The second kappa shape index (κ2) is 5.72. The van der Waals surface area contributed by atoms with Crippen LogP contribution < -0.4 is 5.32 Å². The molecule has 0 aliphatic rings. The summed E-state index contributed by atoms with van der Waals surface area (Å²) in [6.07, 6.45) is 4.62. The SMILES string of the molecule is COCCCNC(=S)n1cc(C)cn1. The van der Waals surface area contributed by atoms with E-state index in [1.54, 1.807) is 18.0 Å². The highest BCUT2D eigenvalue weighted by Gasteiger charge is 1.99. The third-order valence-electron chi connectivity index (χ3n) is 1.72. The molecule has 0 aliphatic heterocycles. The lowest BCUT2D eigenvalue weighted by molar-refractivity contribution is 0.195. The maximum absolute atomic E-state index is 5.13. The maximum atomic E-state index is 5.13. The highest BCUT2D eigenvalue weighted by Crippen LogP contribution is 1.93. The van der Waals surface area contributed by atoms with E-state index in [1.807, 2.05) is 13.1 Å². The smallest absolute Gasteiger partial charge is 0.193 e. The lowest BCUT2D eigenvalue weighted by Gasteiger charge is -2.06. The second-order valence-electron chi connectivity index (χ2n) is 3.04. The van der Waals surface area contributed by atoms with Gasteiger partial charge in [0.2, 0.25) is 0 Å². The van der Waals surface area contributed by atoms with Gasteiger partial charge in [-0.1, -0.05) is 0 Å². The summed E-state index contributed by atoms with van der Waals surface area (Å²) >= 11 is 5.13. The molecule has 0 atom stereocenters. The van der Waals surface area contributed by atoms with Crippen LogP contribution in [0.2, 0.25) is 0 Å². The summed E-state index contributed by atoms with van der Waals surface area (Å²) in [5.74, 6) is 0. The first-order valence-electron chi connectivity index (χ1n) is 4.52. The predicted octanol–water partition coefficient (Wildman–Crippen LogP) is 0.951. The Balaban J connectivity index is 2.29. The Hall–Kier alpha value is -0.940. The van der Waals surface area contributed by atoms with Crippen LogP contribution in [0.15, 0.2) is 12.4 Å². The molecule has 0 saturated carbocycles. The number of thiocarbonyl (C=S) groups is 1. The molecule has 1 aromatic heterocycles. The third-order valence-corrected chi connectivity index (χ3v) is 2.05. The summed E-state index contributed by atoms with van der Waals surface area (Å²) in [6.45, 7) is 3.54. The van der Waals surface area contributed by atoms with Gasteiger partial charge in [-0.3, -0.25) is 0 Å². The van der Waals surface area contributed by atoms with Crippen LogP contribution in [0.1, 0.15) is 12.0 Å². The molecule has 0 amide bonds. The zero-order valence-electron chi connectivity index (χ0n) is 8.49. The zero-order valence-corrected chi connectivity index (χ0v) is 9.30. The van der Waals surface area contributed by atoms with Gasteiger partial charge in [-0.05, 0) is 31.1 Å². The van der Waals surface area contributed by atoms with Crippen LogP contribution in [-0.4, -0.2) is 35.2 Å². The number of nitrogens with zero attached hydrogens (tertiary/aromatic N) is 2. The first-order chi connectivity index (χ1) is 6.74. The van der Waals surface area contributed by atoms with Crippen molar-refractivity contribution in [2.45, 2.75) is 13.3 Å². The first-order valence-corrected chi connectivity index (χ1v) is 4.93. The van der Waals surface area contributed by atoms with E-state index in [-0.39, 0.29) is 0 Å². The summed E-state index contributed by atoms with van der Waals surface area (Å²) in [5, 5.41) is 7.83. The monoisotopic (exact) mass is 213 g/mol. The number of ether oxygens (including phenoxy) is 1. The second-order valence-corrected chi connectivity index (χ2v) is 3.43. The molecule has 0 saturated heterocycles. The number of hydrogen-bond acceptors (Lipinski definition) is 3. The van der Waals surface area contributed by atoms with E-state index in [0.717, 1.165) is 25.1 Å². The van der Waals surface area contributed by atoms with Crippen molar-refractivity contribution in [3.8, 4) is 0 Å². The van der Waals surface area contributed by atoms with E-state index in [0.29, 0.717) is 5.11 Å². The van der Waals surface area contributed by atoms with Crippen molar-refractivity contribution in [2.24, 2.45) is 0 Å². The Morgan fingerprint density at radius 1 is 1.71 bits per heavy atom. The molecule has 1 aromatic rings. The largest absolute Gasteiger partial charge is 0.385 e. The van der Waals surface area contributed by atoms with Crippen LogP contribution in [0, 0.1) is 6.92 Å². The van der Waals surface area contributed by atoms with Crippen LogP contribution in [0.3, 0.4) is 0 Å². The topological polar surface area (TPSA) is 39.1 Å². The molecular formula is C9H15N3OS. The molecular weight excluding hydrogens is 198 g/mol. The Morgan fingerprint density at radius 3 is 3.07 bits per heavy atom. The third kappa shape index (κ3) is 3.43. The van der Waals surface area contributed by atoms with Crippen molar-refractivity contribution in [3.05, 3.63) is 18.0 Å². The fraction of sp³-hybridized carbons (Fsp3) is 0.556. The Morgan fingerprint density at radius 2 is 2.50 bits per heavy atom. The Bertz CT molecular complexity index is 298. The van der Waals surface area contributed by atoms with Crippen molar-refractivity contribution in [1.82, 2.24) is 15.1 Å². The highest BCUT2D eigenvalue weighted by atomic mass is 32.1. The van der Waals surface area contributed by atoms with Crippen molar-refractivity contribution in [2.75, 3.05) is 20.3 Å². The van der Waals surface area contributed by atoms with Gasteiger partial charge in [0.15, 0.2) is 5.11 Å². The van der Waals surface area contributed by atoms with E-state index in [4.69, 9.17) is 17.0 Å². The summed E-state index contributed by atoms with van der Waals surface area (Å²) in [6, 6.07) is 0. The number of aryl methyl sites for hydroxylation is 1. The number of methoxy groups -OCH3 is 1. The molecule has 4 nitrogen and oxygen atoms in total. The van der Waals surface area contributed by atoms with Crippen LogP contribution in [-0.2, 0) is 4.74 Å². The minimum atomic E-state index is 0.634. The molecule has 1 rings (SSSR count). The molecule has 0 radical (unpaired) electrons. The van der Waals surface area contributed by atoms with Gasteiger partial charge in [-0.2, -0.15) is 5.10 Å². The van der Waals surface area contributed by atoms with Gasteiger partial charge in [-0.15, -0.1) is 0 Å². The normalized spacial score (nSPS) is 10.1. The van der Waals surface area contributed by atoms with E-state index >= 15 is 0 Å². The van der Waals surface area contributed by atoms with E-state index in [9.17, 15) is 0 Å². The summed E-state index contributed by atoms with van der Waals surface area (Å²) < 4.78 is 6.59. The molecule has 0 fully saturated rings. The van der Waals surface area contributed by atoms with Gasteiger partial charge in [0.05, 0.1) is 6.20 Å². The van der Waals surface area contributed by atoms with Crippen LogP contribution >= 0.6 is 12.2 Å². The standard InChI is InChI=1S/C9H15N3OS/c1-8-6-11-12(7-8)9(14)10-4-3-5-13-2/h6-7H,3-5H2,1-2H3,(H,10,14). The summed E-state index contributed by atoms with van der Waals surface area (Å²) in [7, 11) is 1.69. The lowest BCUT2D eigenvalue weighted by Crippen LogP contribution is -2.29. The van der Waals surface area contributed by atoms with Crippen molar-refractivity contribution >= 4 is 17.3 Å². The molecule has 0 bridgehead atoms. The minimum Gasteiger partial charge on any atom is -0.385 e. The zero-order chi connectivity index (χ0) is 10.4. The quantitative estimate of drug-likeness (QED) is 0.597. The number of hydrogen-bond donors (Lipinski definition) is 1. The van der Waals surface area contributed by atoms with Gasteiger partial charge < -0.3 is 10.1 Å². The van der Waals surface area contributed by atoms with Gasteiger partial charge in [0, 0.05) is 26.5 Å².